The first kappa shape index (κ1) is 38.9. The molecule has 1 aromatic heterocycles. The highest BCUT2D eigenvalue weighted by molar-refractivity contribution is 6.10. The average Bonchev–Trinajstić information content (AvgIpc) is 3.74. The Bertz CT molecular complexity index is 3610. The predicted octanol–water partition coefficient (Wildman–Crippen LogP) is 17.7. The fourth-order valence-corrected chi connectivity index (χ4v) is 9.83. The molecule has 0 saturated heterocycles. The van der Waals surface area contributed by atoms with Crippen LogP contribution in [-0.4, -0.2) is 4.57 Å². The SMILES string of the molecule is c1ccc(-c2ccc(-c3ccccc3N(c3ccc(-c4ccc5ccccc5c4)cc3)c3ccc(-c4cccc(-n5c6ccccc6c6ccccc65)c4-c4ccccc4)cc3)cc2)cc1. The topological polar surface area (TPSA) is 8.17 Å². The van der Waals surface area contributed by atoms with Crippen LogP contribution in [0.3, 0.4) is 0 Å². The van der Waals surface area contributed by atoms with Crippen LogP contribution in [0.15, 0.2) is 267 Å². The van der Waals surface area contributed by atoms with Gasteiger partial charge < -0.3 is 9.47 Å². The number of para-hydroxylation sites is 3. The van der Waals surface area contributed by atoms with Crippen LogP contribution in [0.2, 0.25) is 0 Å². The Morgan fingerprint density at radius 1 is 0.273 bits per heavy atom. The van der Waals surface area contributed by atoms with E-state index in [0.717, 1.165) is 39.4 Å². The van der Waals surface area contributed by atoms with E-state index in [2.05, 4.69) is 276 Å². The van der Waals surface area contributed by atoms with Gasteiger partial charge in [0.2, 0.25) is 0 Å². The third-order valence-electron chi connectivity index (χ3n) is 13.0. The molecule has 1 heterocycles. The molecule has 0 aliphatic heterocycles. The van der Waals surface area contributed by atoms with E-state index >= 15 is 0 Å². The van der Waals surface area contributed by atoms with Gasteiger partial charge in [-0.2, -0.15) is 0 Å². The molecular formula is C64H44N2. The maximum atomic E-state index is 2.44. The third kappa shape index (κ3) is 7.02. The Hall–Kier alpha value is -8.72. The fraction of sp³-hybridized carbons (Fsp3) is 0. The van der Waals surface area contributed by atoms with Crippen LogP contribution in [0.4, 0.5) is 17.1 Å². The molecule has 0 spiro atoms. The molecule has 0 radical (unpaired) electrons. The van der Waals surface area contributed by atoms with Gasteiger partial charge in [0.1, 0.15) is 0 Å². The first-order chi connectivity index (χ1) is 32.7. The summed E-state index contributed by atoms with van der Waals surface area (Å²) < 4.78 is 2.44. The molecule has 12 aromatic rings. The van der Waals surface area contributed by atoms with Crippen molar-refractivity contribution in [2.75, 3.05) is 4.90 Å². The minimum Gasteiger partial charge on any atom is -0.310 e. The third-order valence-corrected chi connectivity index (χ3v) is 13.0. The van der Waals surface area contributed by atoms with Gasteiger partial charge in [-0.05, 0) is 110 Å². The number of benzene rings is 11. The standard InChI is InChI=1S/C64H44N2/c1-3-16-45(17-4-1)47-30-33-49(34-31-47)56-22-9-12-26-60(56)65(54-40-36-48(37-41-54)53-35-32-46-18-7-8-21-52(46)44-53)55-42-38-50(39-43-55)57-25-15-29-63(64(57)51-19-5-2-6-20-51)66-61-27-13-10-23-58(61)59-24-11-14-28-62(59)66/h1-44H. The van der Waals surface area contributed by atoms with E-state index in [-0.39, 0.29) is 0 Å². The summed E-state index contributed by atoms with van der Waals surface area (Å²) in [6.07, 6.45) is 0. The minimum atomic E-state index is 1.07. The fourth-order valence-electron chi connectivity index (χ4n) is 9.83. The zero-order valence-electron chi connectivity index (χ0n) is 36.3. The Morgan fingerprint density at radius 2 is 0.727 bits per heavy atom. The first-order valence-corrected chi connectivity index (χ1v) is 22.7. The van der Waals surface area contributed by atoms with E-state index < -0.39 is 0 Å². The Kier molecular flexibility index (Phi) is 9.89. The highest BCUT2D eigenvalue weighted by atomic mass is 15.1. The van der Waals surface area contributed by atoms with E-state index in [1.165, 1.54) is 71.5 Å². The molecule has 66 heavy (non-hydrogen) atoms. The van der Waals surface area contributed by atoms with E-state index in [4.69, 9.17) is 0 Å². The lowest BCUT2D eigenvalue weighted by atomic mass is 9.92. The van der Waals surface area contributed by atoms with Gasteiger partial charge in [-0.1, -0.05) is 212 Å². The van der Waals surface area contributed by atoms with Gasteiger partial charge in [-0.15, -0.1) is 0 Å². The molecule has 11 aromatic carbocycles. The first-order valence-electron chi connectivity index (χ1n) is 22.7. The number of aromatic nitrogens is 1. The van der Waals surface area contributed by atoms with Crippen LogP contribution in [0.1, 0.15) is 0 Å². The van der Waals surface area contributed by atoms with Crippen molar-refractivity contribution in [2.24, 2.45) is 0 Å². The van der Waals surface area contributed by atoms with Crippen molar-refractivity contribution < 1.29 is 0 Å². The van der Waals surface area contributed by atoms with Gasteiger partial charge in [-0.3, -0.25) is 0 Å². The highest BCUT2D eigenvalue weighted by Crippen LogP contribution is 2.45. The molecule has 12 rings (SSSR count). The van der Waals surface area contributed by atoms with E-state index in [0.29, 0.717) is 0 Å². The number of fused-ring (bicyclic) bond motifs is 4. The maximum Gasteiger partial charge on any atom is 0.0546 e. The summed E-state index contributed by atoms with van der Waals surface area (Å²) in [5.41, 5.74) is 18.6. The van der Waals surface area contributed by atoms with Crippen LogP contribution in [-0.2, 0) is 0 Å². The van der Waals surface area contributed by atoms with Crippen LogP contribution in [0.5, 0.6) is 0 Å². The van der Waals surface area contributed by atoms with Gasteiger partial charge in [0.25, 0.3) is 0 Å². The molecule has 0 N–H and O–H groups in total. The number of nitrogens with zero attached hydrogens (tertiary/aromatic N) is 2. The highest BCUT2D eigenvalue weighted by Gasteiger charge is 2.21. The number of hydrogen-bond donors (Lipinski definition) is 0. The number of anilines is 3. The molecule has 0 amide bonds. The van der Waals surface area contributed by atoms with Crippen molar-refractivity contribution in [3.8, 4) is 61.3 Å². The molecule has 0 aliphatic carbocycles. The molecule has 0 atom stereocenters. The number of hydrogen-bond acceptors (Lipinski definition) is 1. The minimum absolute atomic E-state index is 1.07. The van der Waals surface area contributed by atoms with E-state index in [1.807, 2.05) is 0 Å². The molecule has 0 unspecified atom stereocenters. The Labute approximate surface area is 385 Å². The molecule has 310 valence electrons. The Balaban J connectivity index is 0.993. The zero-order valence-corrected chi connectivity index (χ0v) is 36.3. The molecule has 2 heteroatoms. The van der Waals surface area contributed by atoms with E-state index in [1.54, 1.807) is 0 Å². The zero-order chi connectivity index (χ0) is 43.8. The molecule has 2 nitrogen and oxygen atoms in total. The molecular weight excluding hydrogens is 797 g/mol. The second-order valence-corrected chi connectivity index (χ2v) is 16.9. The van der Waals surface area contributed by atoms with Crippen molar-refractivity contribution in [3.63, 3.8) is 0 Å². The smallest absolute Gasteiger partial charge is 0.0546 e. The summed E-state index contributed by atoms with van der Waals surface area (Å²) in [5.74, 6) is 0. The van der Waals surface area contributed by atoms with E-state index in [9.17, 15) is 0 Å². The van der Waals surface area contributed by atoms with Crippen LogP contribution < -0.4 is 4.90 Å². The van der Waals surface area contributed by atoms with Crippen molar-refractivity contribution in [2.45, 2.75) is 0 Å². The van der Waals surface area contributed by atoms with Crippen molar-refractivity contribution in [1.82, 2.24) is 4.57 Å². The van der Waals surface area contributed by atoms with Gasteiger partial charge in [-0.25, -0.2) is 0 Å². The monoisotopic (exact) mass is 840 g/mol. The molecule has 0 bridgehead atoms. The lowest BCUT2D eigenvalue weighted by molar-refractivity contribution is 1.18. The lowest BCUT2D eigenvalue weighted by Crippen LogP contribution is -2.11. The summed E-state index contributed by atoms with van der Waals surface area (Å²) in [5, 5.41) is 4.98. The average molecular weight is 841 g/mol. The van der Waals surface area contributed by atoms with Crippen molar-refractivity contribution in [1.29, 1.82) is 0 Å². The van der Waals surface area contributed by atoms with Gasteiger partial charge >= 0.3 is 0 Å². The Morgan fingerprint density at radius 3 is 1.41 bits per heavy atom. The summed E-state index contributed by atoms with van der Waals surface area (Å²) in [6.45, 7) is 0. The molecule has 0 fully saturated rings. The largest absolute Gasteiger partial charge is 0.310 e. The second-order valence-electron chi connectivity index (χ2n) is 16.9. The number of rotatable bonds is 9. The van der Waals surface area contributed by atoms with Crippen LogP contribution >= 0.6 is 0 Å². The molecule has 0 saturated carbocycles. The van der Waals surface area contributed by atoms with Gasteiger partial charge in [0, 0.05) is 33.3 Å². The summed E-state index contributed by atoms with van der Waals surface area (Å²) in [7, 11) is 0. The normalized spacial score (nSPS) is 11.3. The quantitative estimate of drug-likeness (QED) is 0.141. The van der Waals surface area contributed by atoms with Crippen molar-refractivity contribution >= 4 is 49.6 Å². The van der Waals surface area contributed by atoms with Crippen LogP contribution in [0.25, 0.3) is 93.9 Å². The summed E-state index contributed by atoms with van der Waals surface area (Å²) >= 11 is 0. The second kappa shape index (κ2) is 16.8. The summed E-state index contributed by atoms with van der Waals surface area (Å²) in [4.78, 5) is 2.40. The van der Waals surface area contributed by atoms with Crippen molar-refractivity contribution in [3.05, 3.63) is 267 Å². The van der Waals surface area contributed by atoms with Gasteiger partial charge in [0.05, 0.1) is 22.4 Å². The van der Waals surface area contributed by atoms with Gasteiger partial charge in [0.15, 0.2) is 0 Å². The van der Waals surface area contributed by atoms with Crippen LogP contribution in [0, 0.1) is 0 Å². The lowest BCUT2D eigenvalue weighted by Gasteiger charge is -2.28. The summed E-state index contributed by atoms with van der Waals surface area (Å²) in [6, 6.07) is 96.9. The maximum absolute atomic E-state index is 2.44. The molecule has 0 aliphatic rings. The predicted molar refractivity (Wildman–Crippen MR) is 280 cm³/mol.